The molecule has 0 aliphatic heterocycles. The molecule has 5 heteroatoms. The van der Waals surface area contributed by atoms with E-state index in [4.69, 9.17) is 5.26 Å². The molecule has 3 nitrogen and oxygen atoms in total. The lowest BCUT2D eigenvalue weighted by molar-refractivity contribution is -0.0377. The first kappa shape index (κ1) is 15.7. The average molecular weight is 294 g/mol. The SMILES string of the molecule is CN(c1cccc(C(O)CC#N)c1)C1CCC(F)(F)CC1. The van der Waals surface area contributed by atoms with Crippen LogP contribution in [0.3, 0.4) is 0 Å². The molecule has 1 saturated carbocycles. The smallest absolute Gasteiger partial charge is 0.248 e. The van der Waals surface area contributed by atoms with E-state index in [-0.39, 0.29) is 25.3 Å². The Hall–Kier alpha value is -1.67. The number of rotatable bonds is 4. The summed E-state index contributed by atoms with van der Waals surface area (Å²) in [4.78, 5) is 2.00. The fourth-order valence-electron chi connectivity index (χ4n) is 2.78. The lowest BCUT2D eigenvalue weighted by Gasteiger charge is -2.36. The van der Waals surface area contributed by atoms with Crippen LogP contribution in [0.5, 0.6) is 0 Å². The van der Waals surface area contributed by atoms with Crippen molar-refractivity contribution in [3.63, 3.8) is 0 Å². The van der Waals surface area contributed by atoms with Crippen LogP contribution in [-0.4, -0.2) is 24.1 Å². The van der Waals surface area contributed by atoms with Gasteiger partial charge in [0, 0.05) is 31.6 Å². The summed E-state index contributed by atoms with van der Waals surface area (Å²) < 4.78 is 26.4. The van der Waals surface area contributed by atoms with E-state index < -0.39 is 12.0 Å². The number of halogens is 2. The van der Waals surface area contributed by atoms with E-state index in [0.29, 0.717) is 18.4 Å². The van der Waals surface area contributed by atoms with Crippen LogP contribution >= 0.6 is 0 Å². The molecule has 0 aromatic heterocycles. The molecule has 0 saturated heterocycles. The van der Waals surface area contributed by atoms with E-state index >= 15 is 0 Å². The van der Waals surface area contributed by atoms with E-state index in [1.165, 1.54) is 0 Å². The zero-order valence-corrected chi connectivity index (χ0v) is 12.1. The summed E-state index contributed by atoms with van der Waals surface area (Å²) in [6, 6.07) is 9.35. The number of aliphatic hydroxyl groups excluding tert-OH is 1. The van der Waals surface area contributed by atoms with Gasteiger partial charge in [0.05, 0.1) is 18.6 Å². The fraction of sp³-hybridized carbons (Fsp3) is 0.562. The van der Waals surface area contributed by atoms with Gasteiger partial charge >= 0.3 is 0 Å². The van der Waals surface area contributed by atoms with Gasteiger partial charge in [0.15, 0.2) is 0 Å². The Bertz CT molecular complexity index is 517. The lowest BCUT2D eigenvalue weighted by atomic mass is 9.91. The Kier molecular flexibility index (Phi) is 4.79. The van der Waals surface area contributed by atoms with Crippen LogP contribution in [0.25, 0.3) is 0 Å². The number of benzene rings is 1. The normalized spacial score (nSPS) is 19.8. The first-order valence-corrected chi connectivity index (χ1v) is 7.18. The van der Waals surface area contributed by atoms with Gasteiger partial charge in [0.1, 0.15) is 0 Å². The molecule has 2 rings (SSSR count). The van der Waals surface area contributed by atoms with Crippen molar-refractivity contribution in [3.8, 4) is 6.07 Å². The first-order valence-electron chi connectivity index (χ1n) is 7.18. The van der Waals surface area contributed by atoms with Crippen molar-refractivity contribution in [2.75, 3.05) is 11.9 Å². The third-order valence-corrected chi connectivity index (χ3v) is 4.18. The van der Waals surface area contributed by atoms with Gasteiger partial charge in [-0.1, -0.05) is 12.1 Å². The average Bonchev–Trinajstić information content (AvgIpc) is 2.47. The second-order valence-electron chi connectivity index (χ2n) is 5.67. The van der Waals surface area contributed by atoms with Gasteiger partial charge < -0.3 is 10.0 Å². The molecule has 1 aliphatic carbocycles. The highest BCUT2D eigenvalue weighted by Crippen LogP contribution is 2.36. The number of aliphatic hydroxyl groups is 1. The van der Waals surface area contributed by atoms with Gasteiger partial charge in [-0.25, -0.2) is 8.78 Å². The topological polar surface area (TPSA) is 47.3 Å². The standard InChI is InChI=1S/C16H20F2N2O/c1-20(13-5-8-16(17,18)9-6-13)14-4-2-3-12(11-14)15(21)7-10-19/h2-4,11,13,15,21H,5-9H2,1H3. The van der Waals surface area contributed by atoms with E-state index in [1.54, 1.807) is 6.07 Å². The Morgan fingerprint density at radius 2 is 2.10 bits per heavy atom. The molecule has 1 aliphatic rings. The molecular formula is C16H20F2N2O. The first-order chi connectivity index (χ1) is 9.93. The molecule has 0 bridgehead atoms. The summed E-state index contributed by atoms with van der Waals surface area (Å²) in [6.45, 7) is 0. The number of nitriles is 1. The molecule has 1 fully saturated rings. The molecule has 1 aromatic rings. The van der Waals surface area contributed by atoms with Crippen molar-refractivity contribution < 1.29 is 13.9 Å². The maximum absolute atomic E-state index is 13.2. The van der Waals surface area contributed by atoms with Gasteiger partial charge in [-0.3, -0.25) is 0 Å². The molecule has 0 amide bonds. The van der Waals surface area contributed by atoms with Crippen LogP contribution in [0, 0.1) is 11.3 Å². The second kappa shape index (κ2) is 6.40. The van der Waals surface area contributed by atoms with Gasteiger partial charge in [0.2, 0.25) is 5.92 Å². The zero-order chi connectivity index (χ0) is 15.5. The summed E-state index contributed by atoms with van der Waals surface area (Å²) in [5, 5.41) is 18.5. The predicted molar refractivity (Wildman–Crippen MR) is 77.2 cm³/mol. The van der Waals surface area contributed by atoms with Crippen LogP contribution in [0.1, 0.15) is 43.8 Å². The minimum Gasteiger partial charge on any atom is -0.387 e. The second-order valence-corrected chi connectivity index (χ2v) is 5.67. The molecule has 1 aromatic carbocycles. The van der Waals surface area contributed by atoms with Gasteiger partial charge in [-0.05, 0) is 30.5 Å². The fourth-order valence-corrected chi connectivity index (χ4v) is 2.78. The molecule has 21 heavy (non-hydrogen) atoms. The largest absolute Gasteiger partial charge is 0.387 e. The van der Waals surface area contributed by atoms with Crippen LogP contribution in [-0.2, 0) is 0 Å². The molecule has 0 heterocycles. The van der Waals surface area contributed by atoms with Crippen molar-refractivity contribution in [3.05, 3.63) is 29.8 Å². The molecule has 1 atom stereocenters. The summed E-state index contributed by atoms with van der Waals surface area (Å²) in [6.07, 6.45) is 0.0301. The van der Waals surface area contributed by atoms with Crippen LogP contribution in [0.4, 0.5) is 14.5 Å². The maximum Gasteiger partial charge on any atom is 0.248 e. The number of hydrogen-bond donors (Lipinski definition) is 1. The van der Waals surface area contributed by atoms with E-state index in [2.05, 4.69) is 0 Å². The monoisotopic (exact) mass is 294 g/mol. The molecule has 1 N–H and O–H groups in total. The van der Waals surface area contributed by atoms with Gasteiger partial charge in [-0.2, -0.15) is 5.26 Å². The lowest BCUT2D eigenvalue weighted by Crippen LogP contribution is -2.38. The van der Waals surface area contributed by atoms with Gasteiger partial charge in [-0.15, -0.1) is 0 Å². The quantitative estimate of drug-likeness (QED) is 0.922. The molecular weight excluding hydrogens is 274 g/mol. The molecule has 1 unspecified atom stereocenters. The number of nitrogens with zero attached hydrogens (tertiary/aromatic N) is 2. The van der Waals surface area contributed by atoms with Crippen molar-refractivity contribution in [1.82, 2.24) is 0 Å². The highest BCUT2D eigenvalue weighted by atomic mass is 19.3. The Morgan fingerprint density at radius 3 is 2.71 bits per heavy atom. The minimum atomic E-state index is -2.53. The number of hydrogen-bond acceptors (Lipinski definition) is 3. The van der Waals surface area contributed by atoms with E-state index in [0.717, 1.165) is 5.69 Å². The highest BCUT2D eigenvalue weighted by Gasteiger charge is 2.36. The van der Waals surface area contributed by atoms with Crippen molar-refractivity contribution in [1.29, 1.82) is 5.26 Å². The van der Waals surface area contributed by atoms with Crippen LogP contribution in [0.2, 0.25) is 0 Å². The van der Waals surface area contributed by atoms with Crippen molar-refractivity contribution >= 4 is 5.69 Å². The van der Waals surface area contributed by atoms with Crippen LogP contribution < -0.4 is 4.90 Å². The highest BCUT2D eigenvalue weighted by molar-refractivity contribution is 5.49. The maximum atomic E-state index is 13.2. The predicted octanol–water partition coefficient (Wildman–Crippen LogP) is 3.65. The van der Waals surface area contributed by atoms with E-state index in [1.807, 2.05) is 36.2 Å². The number of alkyl halides is 2. The van der Waals surface area contributed by atoms with Crippen LogP contribution in [0.15, 0.2) is 24.3 Å². The summed E-state index contributed by atoms with van der Waals surface area (Å²) >= 11 is 0. The zero-order valence-electron chi connectivity index (χ0n) is 12.1. The van der Waals surface area contributed by atoms with Gasteiger partial charge in [0.25, 0.3) is 0 Å². The Labute approximate surface area is 123 Å². The van der Waals surface area contributed by atoms with Crippen molar-refractivity contribution in [2.24, 2.45) is 0 Å². The van der Waals surface area contributed by atoms with Crippen molar-refractivity contribution in [2.45, 2.75) is 50.2 Å². The molecule has 0 spiro atoms. The molecule has 114 valence electrons. The van der Waals surface area contributed by atoms with E-state index in [9.17, 15) is 13.9 Å². The summed E-state index contributed by atoms with van der Waals surface area (Å²) in [7, 11) is 1.89. The molecule has 0 radical (unpaired) electrons. The minimum absolute atomic E-state index is 0.0445. The Balaban J connectivity index is 2.08. The third-order valence-electron chi connectivity index (χ3n) is 4.18. The Morgan fingerprint density at radius 1 is 1.43 bits per heavy atom. The summed E-state index contributed by atoms with van der Waals surface area (Å²) in [5.74, 6) is -2.53. The summed E-state index contributed by atoms with van der Waals surface area (Å²) in [5.41, 5.74) is 1.57. The third kappa shape index (κ3) is 3.92. The number of anilines is 1.